The van der Waals surface area contributed by atoms with Gasteiger partial charge in [0.2, 0.25) is 0 Å². The molecule has 0 N–H and O–H groups in total. The van der Waals surface area contributed by atoms with Crippen molar-refractivity contribution in [1.82, 2.24) is 14.8 Å². The van der Waals surface area contributed by atoms with E-state index in [4.69, 9.17) is 0 Å². The van der Waals surface area contributed by atoms with Crippen LogP contribution in [0.4, 0.5) is 4.39 Å². The van der Waals surface area contributed by atoms with Gasteiger partial charge in [-0.1, -0.05) is 20.8 Å². The number of hydrogen-bond acceptors (Lipinski definition) is 3. The first-order valence-corrected chi connectivity index (χ1v) is 4.35. The van der Waals surface area contributed by atoms with Crippen molar-refractivity contribution in [2.75, 3.05) is 0 Å². The van der Waals surface area contributed by atoms with Crippen molar-refractivity contribution < 1.29 is 9.18 Å². The third-order valence-electron chi connectivity index (χ3n) is 1.94. The predicted octanol–water partition coefficient (Wildman–Crippen LogP) is 1.54. The van der Waals surface area contributed by atoms with Gasteiger partial charge in [0.15, 0.2) is 5.78 Å². The molecule has 0 amide bonds. The Hall–Kier alpha value is -1.26. The minimum absolute atomic E-state index is 0.518. The van der Waals surface area contributed by atoms with Gasteiger partial charge in [-0.2, -0.15) is 5.10 Å². The molecule has 0 aliphatic carbocycles. The third kappa shape index (κ3) is 1.81. The lowest BCUT2D eigenvalue weighted by Crippen LogP contribution is -2.42. The second-order valence-corrected chi connectivity index (χ2v) is 4.37. The molecule has 1 rings (SSSR count). The highest BCUT2D eigenvalue weighted by Crippen LogP contribution is 2.28. The molecule has 0 bridgehead atoms. The summed E-state index contributed by atoms with van der Waals surface area (Å²) in [5.41, 5.74) is -0.741. The van der Waals surface area contributed by atoms with Crippen molar-refractivity contribution in [2.45, 2.75) is 33.5 Å². The van der Waals surface area contributed by atoms with Gasteiger partial charge in [-0.25, -0.2) is 14.1 Å². The van der Waals surface area contributed by atoms with Gasteiger partial charge in [0.05, 0.1) is 0 Å². The molecule has 4 nitrogen and oxygen atoms in total. The number of aromatic nitrogens is 3. The molecule has 1 aromatic heterocycles. The summed E-state index contributed by atoms with van der Waals surface area (Å²) in [6.07, 6.45) is 2.40. The predicted molar refractivity (Wildman–Crippen MR) is 49.2 cm³/mol. The Labute approximate surface area is 82.1 Å². The van der Waals surface area contributed by atoms with Crippen LogP contribution < -0.4 is 0 Å². The first kappa shape index (κ1) is 10.8. The second-order valence-electron chi connectivity index (χ2n) is 4.37. The Balaban J connectivity index is 3.03. The maximum Gasteiger partial charge on any atom is 0.258 e. The van der Waals surface area contributed by atoms with Crippen molar-refractivity contribution in [3.05, 3.63) is 12.7 Å². The molecular formula is C9H14FN3O. The normalized spacial score (nSPS) is 16.4. The van der Waals surface area contributed by atoms with Crippen LogP contribution in [0.2, 0.25) is 0 Å². The molecule has 0 aliphatic rings. The molecule has 0 aliphatic heterocycles. The summed E-state index contributed by atoms with van der Waals surface area (Å²) in [6.45, 7) is 6.20. The zero-order valence-corrected chi connectivity index (χ0v) is 8.78. The van der Waals surface area contributed by atoms with Gasteiger partial charge in [-0.3, -0.25) is 4.79 Å². The number of halogens is 1. The minimum Gasteiger partial charge on any atom is -0.293 e. The molecule has 14 heavy (non-hydrogen) atoms. The van der Waals surface area contributed by atoms with Crippen LogP contribution in [0.1, 0.15) is 27.7 Å². The van der Waals surface area contributed by atoms with Gasteiger partial charge in [0.1, 0.15) is 12.7 Å². The van der Waals surface area contributed by atoms with E-state index in [1.165, 1.54) is 19.6 Å². The fraction of sp³-hybridized carbons (Fsp3) is 0.667. The van der Waals surface area contributed by atoms with Gasteiger partial charge < -0.3 is 0 Å². The van der Waals surface area contributed by atoms with Crippen LogP contribution in [0.15, 0.2) is 12.7 Å². The lowest BCUT2D eigenvalue weighted by molar-refractivity contribution is -0.144. The van der Waals surface area contributed by atoms with Crippen molar-refractivity contribution in [3.8, 4) is 0 Å². The van der Waals surface area contributed by atoms with E-state index in [1.54, 1.807) is 20.8 Å². The molecule has 0 saturated carbocycles. The molecular weight excluding hydrogens is 185 g/mol. The average molecular weight is 199 g/mol. The Morgan fingerprint density at radius 1 is 1.36 bits per heavy atom. The monoisotopic (exact) mass is 199 g/mol. The van der Waals surface area contributed by atoms with E-state index in [9.17, 15) is 9.18 Å². The van der Waals surface area contributed by atoms with Gasteiger partial charge >= 0.3 is 0 Å². The van der Waals surface area contributed by atoms with Crippen molar-refractivity contribution in [1.29, 1.82) is 0 Å². The number of carbonyl (C=O) groups is 1. The number of carbonyl (C=O) groups excluding carboxylic acids is 1. The maximum absolute atomic E-state index is 14.1. The zero-order valence-electron chi connectivity index (χ0n) is 8.78. The maximum atomic E-state index is 14.1. The van der Waals surface area contributed by atoms with Gasteiger partial charge in [-0.15, -0.1) is 0 Å². The third-order valence-corrected chi connectivity index (χ3v) is 1.94. The molecule has 1 aromatic rings. The highest BCUT2D eigenvalue weighted by Gasteiger charge is 2.42. The Morgan fingerprint density at radius 3 is 2.29 bits per heavy atom. The molecule has 0 fully saturated rings. The molecule has 0 saturated heterocycles. The van der Waals surface area contributed by atoms with Crippen LogP contribution in [0.3, 0.4) is 0 Å². The molecule has 5 heteroatoms. The molecule has 1 heterocycles. The largest absolute Gasteiger partial charge is 0.293 e. The fourth-order valence-corrected chi connectivity index (χ4v) is 1.21. The SMILES string of the molecule is CC(C)(C)C(=O)C(C)(F)n1cncn1. The summed E-state index contributed by atoms with van der Waals surface area (Å²) >= 11 is 0. The van der Waals surface area contributed by atoms with E-state index in [2.05, 4.69) is 10.1 Å². The molecule has 1 atom stereocenters. The van der Waals surface area contributed by atoms with Gasteiger partial charge in [0, 0.05) is 5.41 Å². The number of ketones is 1. The summed E-state index contributed by atoms with van der Waals surface area (Å²) in [4.78, 5) is 15.3. The summed E-state index contributed by atoms with van der Waals surface area (Å²) in [7, 11) is 0. The molecule has 1 unspecified atom stereocenters. The molecule has 0 aromatic carbocycles. The topological polar surface area (TPSA) is 47.8 Å². The zero-order chi connectivity index (χ0) is 11.0. The van der Waals surface area contributed by atoms with Crippen LogP contribution >= 0.6 is 0 Å². The highest BCUT2D eigenvalue weighted by molar-refractivity contribution is 5.89. The minimum atomic E-state index is -2.13. The first-order chi connectivity index (χ1) is 6.26. The number of alkyl halides is 1. The van der Waals surface area contributed by atoms with Crippen LogP contribution in [0.5, 0.6) is 0 Å². The van der Waals surface area contributed by atoms with E-state index in [1.807, 2.05) is 0 Å². The number of rotatable bonds is 2. The van der Waals surface area contributed by atoms with Gasteiger partial charge in [0.25, 0.3) is 5.79 Å². The lowest BCUT2D eigenvalue weighted by Gasteiger charge is -2.26. The van der Waals surface area contributed by atoms with E-state index in [-0.39, 0.29) is 0 Å². The lowest BCUT2D eigenvalue weighted by atomic mass is 9.86. The summed E-state index contributed by atoms with van der Waals surface area (Å²) < 4.78 is 15.0. The fourth-order valence-electron chi connectivity index (χ4n) is 1.21. The van der Waals surface area contributed by atoms with E-state index in [0.29, 0.717) is 0 Å². The molecule has 0 spiro atoms. The average Bonchev–Trinajstić information content (AvgIpc) is 2.53. The van der Waals surface area contributed by atoms with E-state index >= 15 is 0 Å². The van der Waals surface area contributed by atoms with E-state index < -0.39 is 17.0 Å². The Bertz CT molecular complexity index is 324. The second kappa shape index (κ2) is 3.15. The first-order valence-electron chi connectivity index (χ1n) is 4.35. The van der Waals surface area contributed by atoms with Crippen molar-refractivity contribution in [2.24, 2.45) is 5.41 Å². The standard InChI is InChI=1S/C9H14FN3O/c1-8(2,3)7(14)9(4,10)13-6-11-5-12-13/h5-6H,1-4H3. The van der Waals surface area contributed by atoms with Crippen LogP contribution in [0, 0.1) is 5.41 Å². The van der Waals surface area contributed by atoms with Crippen LogP contribution in [-0.4, -0.2) is 20.5 Å². The van der Waals surface area contributed by atoms with E-state index in [0.717, 1.165) is 4.68 Å². The molecule has 0 radical (unpaired) electrons. The number of Topliss-reactive ketones (excluding diaryl/α,β-unsaturated/α-hetero) is 1. The quantitative estimate of drug-likeness (QED) is 0.725. The summed E-state index contributed by atoms with van der Waals surface area (Å²) in [5.74, 6) is -2.65. The smallest absolute Gasteiger partial charge is 0.258 e. The van der Waals surface area contributed by atoms with Crippen molar-refractivity contribution in [3.63, 3.8) is 0 Å². The van der Waals surface area contributed by atoms with Crippen molar-refractivity contribution >= 4 is 5.78 Å². The summed E-state index contributed by atoms with van der Waals surface area (Å²) in [6, 6.07) is 0. The van der Waals surface area contributed by atoms with Crippen LogP contribution in [-0.2, 0) is 10.6 Å². The number of hydrogen-bond donors (Lipinski definition) is 0. The Morgan fingerprint density at radius 2 is 1.93 bits per heavy atom. The summed E-state index contributed by atoms with van der Waals surface area (Å²) in [5, 5.41) is 3.63. The Kier molecular flexibility index (Phi) is 2.43. The molecule has 78 valence electrons. The highest BCUT2D eigenvalue weighted by atomic mass is 19.1. The number of nitrogens with zero attached hydrogens (tertiary/aromatic N) is 3. The van der Waals surface area contributed by atoms with Crippen LogP contribution in [0.25, 0.3) is 0 Å². The van der Waals surface area contributed by atoms with Gasteiger partial charge in [-0.05, 0) is 6.92 Å².